The highest BCUT2D eigenvalue weighted by atomic mass is 32.2. The van der Waals surface area contributed by atoms with Gasteiger partial charge in [-0.2, -0.15) is 0 Å². The van der Waals surface area contributed by atoms with Crippen LogP contribution in [-0.2, 0) is 10.8 Å². The molecule has 0 bridgehead atoms. The molecule has 0 spiro atoms. The van der Waals surface area contributed by atoms with E-state index in [0.717, 1.165) is 49.1 Å². The number of nitrogens with two attached hydrogens (primary N) is 1. The van der Waals surface area contributed by atoms with Gasteiger partial charge in [-0.15, -0.1) is 0 Å². The standard InChI is InChI=1S/C25H25F3N4O2S/c1-13-7-14(9-15(29)8-13)17-5-6-30-12-22(17)32-25(33)21-4-3-18(26)24(31-21)23-19(27)10-16(35(2)34)11-20(23)28/h3-6,10-15H,7-9,29H2,1-2H3,(H,32,33)/t13-,14+,15-,35+/m0/s1. The van der Waals surface area contributed by atoms with E-state index in [0.29, 0.717) is 11.6 Å². The van der Waals surface area contributed by atoms with E-state index in [-0.39, 0.29) is 22.5 Å². The predicted molar refractivity (Wildman–Crippen MR) is 128 cm³/mol. The van der Waals surface area contributed by atoms with E-state index in [1.165, 1.54) is 12.5 Å². The summed E-state index contributed by atoms with van der Waals surface area (Å²) >= 11 is 0. The molecular weight excluding hydrogens is 477 g/mol. The molecule has 4 rings (SSSR count). The number of hydrogen-bond donors (Lipinski definition) is 2. The molecule has 1 saturated carbocycles. The van der Waals surface area contributed by atoms with Gasteiger partial charge in [0.1, 0.15) is 28.8 Å². The van der Waals surface area contributed by atoms with E-state index < -0.39 is 45.4 Å². The number of nitrogens with one attached hydrogen (secondary N) is 1. The Morgan fingerprint density at radius 1 is 1.09 bits per heavy atom. The molecule has 1 amide bonds. The quantitative estimate of drug-likeness (QED) is 0.523. The molecule has 0 unspecified atom stereocenters. The van der Waals surface area contributed by atoms with Crippen molar-refractivity contribution in [3.63, 3.8) is 0 Å². The number of aromatic nitrogens is 2. The maximum atomic E-state index is 14.6. The van der Waals surface area contributed by atoms with Crippen LogP contribution >= 0.6 is 0 Å². The van der Waals surface area contributed by atoms with Crippen LogP contribution in [0.4, 0.5) is 18.9 Å². The molecule has 2 aromatic heterocycles. The molecule has 6 nitrogen and oxygen atoms in total. The molecule has 2 heterocycles. The molecule has 184 valence electrons. The second-order valence-electron chi connectivity index (χ2n) is 8.93. The topological polar surface area (TPSA) is 98.0 Å². The summed E-state index contributed by atoms with van der Waals surface area (Å²) in [4.78, 5) is 20.9. The SMILES string of the molecule is C[C@@H]1C[C@H](N)C[C@H](c2ccncc2NC(=O)c2ccc(F)c(-c3c(F)cc([S@@](C)=O)cc3F)n2)C1. The first-order valence-electron chi connectivity index (χ1n) is 11.1. The van der Waals surface area contributed by atoms with Crippen LogP contribution in [0.2, 0.25) is 0 Å². The monoisotopic (exact) mass is 502 g/mol. The molecular formula is C25H25F3N4O2S. The van der Waals surface area contributed by atoms with Crippen molar-refractivity contribution in [3.05, 3.63) is 71.4 Å². The minimum absolute atomic E-state index is 0.0584. The van der Waals surface area contributed by atoms with Gasteiger partial charge in [-0.05, 0) is 67.0 Å². The average Bonchev–Trinajstić information content (AvgIpc) is 2.79. The molecule has 1 aliphatic rings. The third-order valence-electron chi connectivity index (χ3n) is 6.19. The summed E-state index contributed by atoms with van der Waals surface area (Å²) < 4.78 is 55.4. The third kappa shape index (κ3) is 5.43. The van der Waals surface area contributed by atoms with Gasteiger partial charge >= 0.3 is 0 Å². The van der Waals surface area contributed by atoms with Crippen LogP contribution in [0, 0.1) is 23.4 Å². The highest BCUT2D eigenvalue weighted by molar-refractivity contribution is 7.84. The van der Waals surface area contributed by atoms with E-state index >= 15 is 0 Å². The van der Waals surface area contributed by atoms with Gasteiger partial charge in [-0.3, -0.25) is 14.0 Å². The second-order valence-corrected chi connectivity index (χ2v) is 10.3. The average molecular weight is 503 g/mol. The van der Waals surface area contributed by atoms with Crippen molar-refractivity contribution in [2.75, 3.05) is 11.6 Å². The number of nitrogens with zero attached hydrogens (tertiary/aromatic N) is 2. The summed E-state index contributed by atoms with van der Waals surface area (Å²) in [5.74, 6) is -3.37. The molecule has 0 radical (unpaired) electrons. The Kier molecular flexibility index (Phi) is 7.32. The largest absolute Gasteiger partial charge is 0.328 e. The maximum absolute atomic E-state index is 14.6. The second kappa shape index (κ2) is 10.2. The van der Waals surface area contributed by atoms with E-state index in [2.05, 4.69) is 22.2 Å². The number of amides is 1. The third-order valence-corrected chi connectivity index (χ3v) is 7.08. The van der Waals surface area contributed by atoms with Crippen LogP contribution in [-0.4, -0.2) is 32.4 Å². The highest BCUT2D eigenvalue weighted by Gasteiger charge is 2.28. The molecule has 4 atom stereocenters. The van der Waals surface area contributed by atoms with Gasteiger partial charge in [0, 0.05) is 34.2 Å². The van der Waals surface area contributed by atoms with Gasteiger partial charge in [0.15, 0.2) is 0 Å². The van der Waals surface area contributed by atoms with E-state index in [4.69, 9.17) is 5.73 Å². The van der Waals surface area contributed by atoms with Gasteiger partial charge in [-0.1, -0.05) is 6.92 Å². The summed E-state index contributed by atoms with van der Waals surface area (Å²) in [7, 11) is -1.64. The Labute approximate surface area is 203 Å². The van der Waals surface area contributed by atoms with Crippen molar-refractivity contribution in [3.8, 4) is 11.3 Å². The van der Waals surface area contributed by atoms with Gasteiger partial charge < -0.3 is 11.1 Å². The Morgan fingerprint density at radius 2 is 1.80 bits per heavy atom. The maximum Gasteiger partial charge on any atom is 0.274 e. The zero-order valence-electron chi connectivity index (χ0n) is 19.2. The summed E-state index contributed by atoms with van der Waals surface area (Å²) in [6.45, 7) is 2.14. The predicted octanol–water partition coefficient (Wildman–Crippen LogP) is 4.78. The van der Waals surface area contributed by atoms with Crippen molar-refractivity contribution < 1.29 is 22.2 Å². The fraction of sp³-hybridized carbons (Fsp3) is 0.320. The molecule has 1 fully saturated rings. The first-order chi connectivity index (χ1) is 16.6. The summed E-state index contributed by atoms with van der Waals surface area (Å²) in [6, 6.07) is 5.67. The number of hydrogen-bond acceptors (Lipinski definition) is 5. The zero-order valence-corrected chi connectivity index (χ0v) is 20.0. The summed E-state index contributed by atoms with van der Waals surface area (Å²) in [5, 5.41) is 2.75. The Hall–Kier alpha value is -3.11. The Balaban J connectivity index is 1.65. The van der Waals surface area contributed by atoms with Crippen molar-refractivity contribution in [1.29, 1.82) is 0 Å². The lowest BCUT2D eigenvalue weighted by atomic mass is 9.76. The van der Waals surface area contributed by atoms with Crippen LogP contribution in [0.3, 0.4) is 0 Å². The summed E-state index contributed by atoms with van der Waals surface area (Å²) in [5.41, 5.74) is 5.95. The van der Waals surface area contributed by atoms with Crippen LogP contribution in [0.1, 0.15) is 48.2 Å². The molecule has 3 N–H and O–H groups in total. The molecule has 10 heteroatoms. The van der Waals surface area contributed by atoms with E-state index in [1.807, 2.05) is 6.07 Å². The lowest BCUT2D eigenvalue weighted by Crippen LogP contribution is -2.31. The lowest BCUT2D eigenvalue weighted by molar-refractivity contribution is 0.102. The van der Waals surface area contributed by atoms with Crippen molar-refractivity contribution in [2.24, 2.45) is 11.7 Å². The van der Waals surface area contributed by atoms with Crippen molar-refractivity contribution >= 4 is 22.4 Å². The molecule has 0 aliphatic heterocycles. The van der Waals surface area contributed by atoms with Gasteiger partial charge in [-0.25, -0.2) is 18.2 Å². The Morgan fingerprint density at radius 3 is 2.46 bits per heavy atom. The van der Waals surface area contributed by atoms with E-state index in [9.17, 15) is 22.2 Å². The molecule has 0 saturated heterocycles. The van der Waals surface area contributed by atoms with Crippen LogP contribution in [0.15, 0.2) is 47.6 Å². The van der Waals surface area contributed by atoms with Crippen LogP contribution in [0.25, 0.3) is 11.3 Å². The lowest BCUT2D eigenvalue weighted by Gasteiger charge is -2.32. The molecule has 3 aromatic rings. The number of halogens is 3. The first kappa shape index (κ1) is 25.0. The number of anilines is 1. The van der Waals surface area contributed by atoms with Gasteiger partial charge in [0.2, 0.25) is 0 Å². The fourth-order valence-electron chi connectivity index (χ4n) is 4.65. The van der Waals surface area contributed by atoms with Crippen molar-refractivity contribution in [1.82, 2.24) is 9.97 Å². The number of carbonyl (C=O) groups excluding carboxylic acids is 1. The first-order valence-corrected chi connectivity index (χ1v) is 12.7. The Bertz CT molecular complexity index is 1270. The van der Waals surface area contributed by atoms with Gasteiger partial charge in [0.05, 0.1) is 17.4 Å². The zero-order chi connectivity index (χ0) is 25.3. The van der Waals surface area contributed by atoms with Crippen molar-refractivity contribution in [2.45, 2.75) is 43.0 Å². The molecule has 1 aliphatic carbocycles. The number of carbonyl (C=O) groups is 1. The minimum Gasteiger partial charge on any atom is -0.328 e. The smallest absolute Gasteiger partial charge is 0.274 e. The number of benzene rings is 1. The highest BCUT2D eigenvalue weighted by Crippen LogP contribution is 2.38. The summed E-state index contributed by atoms with van der Waals surface area (Å²) in [6.07, 6.45) is 7.05. The van der Waals surface area contributed by atoms with Crippen LogP contribution < -0.4 is 11.1 Å². The molecule has 1 aromatic carbocycles. The normalized spacial score (nSPS) is 20.9. The fourth-order valence-corrected chi connectivity index (χ4v) is 5.19. The van der Waals surface area contributed by atoms with Gasteiger partial charge in [0.25, 0.3) is 5.91 Å². The van der Waals surface area contributed by atoms with E-state index in [1.54, 1.807) is 6.20 Å². The molecule has 35 heavy (non-hydrogen) atoms. The number of pyridine rings is 2. The number of rotatable bonds is 5. The van der Waals surface area contributed by atoms with Crippen LogP contribution in [0.5, 0.6) is 0 Å². The minimum atomic E-state index is -1.64.